The summed E-state index contributed by atoms with van der Waals surface area (Å²) in [5, 5.41) is 96.8. The molecule has 0 radical (unpaired) electrons. The number of carbonyl (C=O) groups excluding carboxylic acids is 11. The molecule has 0 bridgehead atoms. The van der Waals surface area contributed by atoms with Crippen molar-refractivity contribution in [3.8, 4) is 0 Å². The van der Waals surface area contributed by atoms with Crippen LogP contribution in [0.4, 0.5) is 22.0 Å². The molecule has 6 aliphatic heterocycles. The van der Waals surface area contributed by atoms with Crippen LogP contribution in [0.5, 0.6) is 0 Å². The van der Waals surface area contributed by atoms with Crippen molar-refractivity contribution in [3.05, 3.63) is 0 Å². The number of nitrogens with one attached hydrogen (secondary N) is 16. The highest BCUT2D eigenvalue weighted by Gasteiger charge is 2.56. The molecule has 1 saturated carbocycles. The molecule has 10 unspecified atom stereocenters. The van der Waals surface area contributed by atoms with Gasteiger partial charge in [0.1, 0.15) is 54.7 Å². The summed E-state index contributed by atoms with van der Waals surface area (Å²) in [6, 6.07) is -3.19. The van der Waals surface area contributed by atoms with E-state index in [2.05, 4.69) is 86.0 Å². The van der Waals surface area contributed by atoms with Crippen molar-refractivity contribution < 1.29 is 167 Å². The smallest absolute Gasteiger partial charge is 0.306 e. The van der Waals surface area contributed by atoms with Gasteiger partial charge in [-0.25, -0.2) is 53.3 Å². The molecule has 0 aromatic heterocycles. The minimum atomic E-state index is -3.02. The summed E-state index contributed by atoms with van der Waals surface area (Å²) in [5.74, 6) is -6.02. The van der Waals surface area contributed by atoms with Crippen LogP contribution in [0.15, 0.2) is 0 Å². The van der Waals surface area contributed by atoms with Crippen LogP contribution < -0.4 is 86.0 Å². The summed E-state index contributed by atoms with van der Waals surface area (Å²) in [7, 11) is 3.86. The molecule has 7 rings (SSSR count). The number of amides is 10. The number of hydrogen-bond acceptors (Lipinski definition) is 39. The first-order valence-electron chi connectivity index (χ1n) is 49.2. The van der Waals surface area contributed by atoms with E-state index in [1.165, 1.54) is 42.1 Å². The maximum absolute atomic E-state index is 14.3. The van der Waals surface area contributed by atoms with Gasteiger partial charge in [-0.3, -0.25) is 52.7 Å². The largest absolute Gasteiger partial charge is 0.456 e. The van der Waals surface area contributed by atoms with E-state index in [9.17, 15) is 105 Å². The Kier molecular flexibility index (Phi) is 57.3. The maximum Gasteiger partial charge on any atom is 0.306 e. The Morgan fingerprint density at radius 2 is 0.634 bits per heavy atom. The third-order valence-electron chi connectivity index (χ3n) is 25.0. The molecule has 6 saturated heterocycles. The summed E-state index contributed by atoms with van der Waals surface area (Å²) >= 11 is 0. The number of aliphatic hydroxyl groups is 6. The lowest BCUT2D eigenvalue weighted by molar-refractivity contribution is -0.251. The Bertz CT molecular complexity index is 3420. The molecule has 22 N–H and O–H groups in total. The van der Waals surface area contributed by atoms with Crippen molar-refractivity contribution >= 4 is 65.0 Å². The van der Waals surface area contributed by atoms with Gasteiger partial charge in [-0.1, -0.05) is 38.5 Å². The first kappa shape index (κ1) is 122. The Labute approximate surface area is 823 Å². The van der Waals surface area contributed by atoms with E-state index in [-0.39, 0.29) is 181 Å². The quantitative estimate of drug-likeness (QED) is 0.0153. The Morgan fingerprint density at radius 3 is 0.937 bits per heavy atom. The molecule has 0 aromatic rings. The van der Waals surface area contributed by atoms with Gasteiger partial charge < -0.3 is 145 Å². The van der Waals surface area contributed by atoms with E-state index in [1.54, 1.807) is 0 Å². The van der Waals surface area contributed by atoms with Gasteiger partial charge in [0.25, 0.3) is 17.7 Å². The van der Waals surface area contributed by atoms with E-state index in [0.717, 1.165) is 12.8 Å². The molecular weight excluding hydrogens is 1900 g/mol. The van der Waals surface area contributed by atoms with Gasteiger partial charge in [0.05, 0.1) is 79.3 Å². The zero-order valence-electron chi connectivity index (χ0n) is 82.1. The zero-order valence-corrected chi connectivity index (χ0v) is 82.1. The molecule has 49 nitrogen and oxygen atoms in total. The normalized spacial score (nSPS) is 29.0. The molecule has 22 atom stereocenters. The molecule has 0 aromatic carbocycles. The lowest BCUT2D eigenvalue weighted by Crippen LogP contribution is -2.66. The number of methoxy groups -OCH3 is 3. The van der Waals surface area contributed by atoms with Crippen molar-refractivity contribution in [1.82, 2.24) is 101 Å². The van der Waals surface area contributed by atoms with Crippen LogP contribution in [-0.2, 0) is 114 Å². The highest BCUT2D eigenvalue weighted by molar-refractivity contribution is 5.84. The number of nitrogens with zero attached hydrogens (tertiary/aromatic N) is 3. The van der Waals surface area contributed by atoms with Crippen LogP contribution >= 0.6 is 0 Å². The van der Waals surface area contributed by atoms with Gasteiger partial charge >= 0.3 is 5.97 Å². The molecular formula is C88H156F5N19O30. The first-order chi connectivity index (χ1) is 68.2. The van der Waals surface area contributed by atoms with Gasteiger partial charge in [-0.05, 0) is 70.6 Å². The van der Waals surface area contributed by atoms with Gasteiger partial charge in [-0.2, -0.15) is 16.6 Å². The Balaban J connectivity index is 0.843. The molecule has 818 valence electrons. The summed E-state index contributed by atoms with van der Waals surface area (Å²) in [4.78, 5) is 142. The standard InChI is InChI=1S/C88H156F5N19O30/c1-53(113)100-69-72(121)75(124)79(140-85(69)130-4)82(127)97-29-15-18-56-50-110(107-104-56)35-41-136-47-44-133-38-32-94-59(116)23-26-88(103-62(119)21-13-11-9-7-8-10-12-14-22-63(120)139-78-67(92)65(90)64(89)66(91)68(78)93,27-24-60(117)95-33-39-134-45-48-137-42-36-111-51-57(105-108-111)19-16-30-98-83(128)80-76(125)73(122)70(101-54(2)114)86(131-5)141-80)28-25-61(118)96-34-40-135-46-49-138-43-37-112-52-58(106-109-112)20-17-31-99-84(129)81-77(126)74(123)71(102-55(3)115)87(132-6)142-81/h56-58,64-81,85-87,104-109,121-126H,7-52H2,1-6H3,(H,94,116)(H,95,117)(H,96,118)(H,97,127)(H,98,128)(H,99,129)(H,100,113)(H,101,114)(H,102,115)(H,103,119)/t56?,57?,58?,64?,65?,66?,67?,68?,69-,70-,71-,72-,73-,74-,75-,76-,77-,78?,79?,80?,81?,85-,86-,87-,88?/m1/s1. The lowest BCUT2D eigenvalue weighted by Gasteiger charge is -2.41. The number of unbranched alkanes of at least 4 members (excludes halogenated alkanes) is 7. The number of esters is 1. The van der Waals surface area contributed by atoms with Crippen molar-refractivity contribution in [2.24, 2.45) is 0 Å². The average Bonchev–Trinajstić information content (AvgIpc) is 0.860. The number of hydrazine groups is 6. The second-order valence-electron chi connectivity index (χ2n) is 36.2. The number of halogens is 5. The summed E-state index contributed by atoms with van der Waals surface area (Å²) in [5.41, 5.74) is 17.6. The highest BCUT2D eigenvalue weighted by Crippen LogP contribution is 2.35. The van der Waals surface area contributed by atoms with Crippen LogP contribution in [0.1, 0.15) is 162 Å². The Morgan fingerprint density at radius 1 is 0.345 bits per heavy atom. The summed E-state index contributed by atoms with van der Waals surface area (Å²) < 4.78 is 142. The number of carbonyl (C=O) groups is 11. The zero-order chi connectivity index (χ0) is 103. The SMILES string of the molecule is CO[C@@H]1OC(C(=O)NCCCC2CN(CCOCCOCCNC(=O)CCC(CCC(=O)NCCOCCOCCN3CC(CCCNC(=O)C4O[C@@H](OC)[C@H](NC(C)=O)[C@@H](O)[C@H]4O)NN3)(CCC(=O)NCCOCCOCCN3CC(CCCNC(=O)C4O[C@@H](OC)[C@H](NC(C)=O)[C@@H](O)[C@H]4O)NN3)NC(=O)CCCCCCCCCCC(=O)OC3C(F)C(F)C(F)C(F)C3F)NN2)[C@H](O)[C@H](O)[C@H]1NC(C)=O. The molecule has 7 fully saturated rings. The number of aliphatic hydroxyl groups excluding tert-OH is 6. The molecule has 7 aliphatic rings. The topological polar surface area (TPSA) is 631 Å². The molecule has 54 heteroatoms. The summed E-state index contributed by atoms with van der Waals surface area (Å²) in [6.07, 6.45) is -26.6. The second-order valence-corrected chi connectivity index (χ2v) is 36.2. The monoisotopic (exact) mass is 2050 g/mol. The predicted octanol–water partition coefficient (Wildman–Crippen LogP) is -6.29. The third kappa shape index (κ3) is 43.3. The fourth-order valence-electron chi connectivity index (χ4n) is 17.1. The van der Waals surface area contributed by atoms with E-state index < -0.39 is 194 Å². The maximum atomic E-state index is 14.3. The predicted molar refractivity (Wildman–Crippen MR) is 491 cm³/mol. The van der Waals surface area contributed by atoms with Crippen molar-refractivity contribution in [3.63, 3.8) is 0 Å². The lowest BCUT2D eigenvalue weighted by atomic mass is 9.82. The molecule has 142 heavy (non-hydrogen) atoms. The molecule has 0 spiro atoms. The van der Waals surface area contributed by atoms with Gasteiger partial charge in [0.2, 0.25) is 41.4 Å². The van der Waals surface area contributed by atoms with Crippen LogP contribution in [0.25, 0.3) is 0 Å². The van der Waals surface area contributed by atoms with E-state index in [1.807, 2.05) is 15.0 Å². The van der Waals surface area contributed by atoms with E-state index in [0.29, 0.717) is 130 Å². The minimum absolute atomic E-state index is 0.0122. The second kappa shape index (κ2) is 66.9. The van der Waals surface area contributed by atoms with Crippen molar-refractivity contribution in [2.45, 2.75) is 315 Å². The average molecular weight is 2060 g/mol. The van der Waals surface area contributed by atoms with E-state index >= 15 is 0 Å². The van der Waals surface area contributed by atoms with Gasteiger partial charge in [0.15, 0.2) is 74.1 Å². The van der Waals surface area contributed by atoms with Crippen LogP contribution in [0.3, 0.4) is 0 Å². The number of alkyl halides is 5. The Hall–Kier alpha value is -7.26. The van der Waals surface area contributed by atoms with E-state index in [4.69, 9.17) is 61.6 Å². The van der Waals surface area contributed by atoms with Crippen LogP contribution in [0, 0.1) is 0 Å². The van der Waals surface area contributed by atoms with Gasteiger partial charge in [-0.15, -0.1) is 0 Å². The third-order valence-corrected chi connectivity index (χ3v) is 25.0. The highest BCUT2D eigenvalue weighted by atomic mass is 19.2. The van der Waals surface area contributed by atoms with Gasteiger partial charge in [0, 0.05) is 176 Å². The molecule has 1 aliphatic carbocycles. The fourth-order valence-corrected chi connectivity index (χ4v) is 17.1. The fraction of sp³-hybridized carbons (Fsp3) is 0.875. The minimum Gasteiger partial charge on any atom is -0.456 e. The molecule has 6 heterocycles. The van der Waals surface area contributed by atoms with Crippen molar-refractivity contribution in [2.75, 3.05) is 179 Å². The molecule has 10 amide bonds. The number of rotatable bonds is 70. The first-order valence-corrected chi connectivity index (χ1v) is 49.2. The number of ether oxygens (including phenoxy) is 13. The number of hydrogen-bond donors (Lipinski definition) is 22. The van der Waals surface area contributed by atoms with Crippen LogP contribution in [-0.4, -0.2) is 442 Å². The van der Waals surface area contributed by atoms with Crippen LogP contribution in [0.2, 0.25) is 0 Å². The summed E-state index contributed by atoms with van der Waals surface area (Å²) in [6.45, 7) is 10.9. The van der Waals surface area contributed by atoms with Crippen molar-refractivity contribution in [1.29, 1.82) is 0 Å².